The normalized spacial score (nSPS) is 18.9. The Balaban J connectivity index is 2.49. The number of hydrogen-bond donors (Lipinski definition) is 0. The molecule has 3 rings (SSSR count). The van der Waals surface area contributed by atoms with Crippen molar-refractivity contribution < 1.29 is 0 Å². The van der Waals surface area contributed by atoms with Gasteiger partial charge in [-0.2, -0.15) is 4.98 Å². The van der Waals surface area contributed by atoms with Gasteiger partial charge in [0.25, 0.3) is 5.56 Å². The second kappa shape index (κ2) is 3.93. The lowest BCUT2D eigenvalue weighted by Crippen LogP contribution is -2.37. The number of anilines is 1. The number of imidazole rings is 1. The Morgan fingerprint density at radius 1 is 1.26 bits per heavy atom. The largest absolute Gasteiger partial charge is 0.345 e. The van der Waals surface area contributed by atoms with Crippen LogP contribution in [-0.4, -0.2) is 32.0 Å². The van der Waals surface area contributed by atoms with Crippen LogP contribution < -0.4 is 16.1 Å². The first-order valence-corrected chi connectivity index (χ1v) is 6.62. The first kappa shape index (κ1) is 12.4. The fourth-order valence-electron chi connectivity index (χ4n) is 2.71. The van der Waals surface area contributed by atoms with Crippen LogP contribution >= 0.6 is 9.39 Å². The second-order valence-electron chi connectivity index (χ2n) is 5.20. The standard InChI is InChI=1S/C11H16N5O2P/c1-6-4-13(2)10-12-8-7(15(10)5-6)9(17)16(19)11(18)14(8)3/h6H,4-5,19H2,1-3H3. The van der Waals surface area contributed by atoms with E-state index in [1.54, 1.807) is 7.05 Å². The Morgan fingerprint density at radius 2 is 1.95 bits per heavy atom. The first-order chi connectivity index (χ1) is 8.91. The summed E-state index contributed by atoms with van der Waals surface area (Å²) in [5.41, 5.74) is 0.244. The molecule has 0 aromatic carbocycles. The van der Waals surface area contributed by atoms with Crippen LogP contribution in [0.3, 0.4) is 0 Å². The molecule has 1 aliphatic heterocycles. The van der Waals surface area contributed by atoms with Crippen molar-refractivity contribution in [3.8, 4) is 0 Å². The lowest BCUT2D eigenvalue weighted by atomic mass is 10.1. The summed E-state index contributed by atoms with van der Waals surface area (Å²) in [7, 11) is 5.75. The van der Waals surface area contributed by atoms with Gasteiger partial charge in [-0.05, 0) is 15.3 Å². The molecule has 0 radical (unpaired) electrons. The minimum Gasteiger partial charge on any atom is -0.345 e. The van der Waals surface area contributed by atoms with Gasteiger partial charge in [0.1, 0.15) is 0 Å². The monoisotopic (exact) mass is 281 g/mol. The minimum atomic E-state index is -0.381. The maximum atomic E-state index is 12.3. The Kier molecular flexibility index (Phi) is 2.57. The van der Waals surface area contributed by atoms with Crippen molar-refractivity contribution in [2.45, 2.75) is 13.5 Å². The molecule has 102 valence electrons. The molecule has 0 N–H and O–H groups in total. The summed E-state index contributed by atoms with van der Waals surface area (Å²) in [5, 5.41) is 0. The molecular formula is C11H16N5O2P. The SMILES string of the molecule is CC1CN(C)c2nc3c(c(=O)n(P)c(=O)n3C)n2C1. The van der Waals surface area contributed by atoms with Gasteiger partial charge in [0, 0.05) is 27.2 Å². The predicted molar refractivity (Wildman–Crippen MR) is 76.8 cm³/mol. The van der Waals surface area contributed by atoms with Gasteiger partial charge in [0.2, 0.25) is 5.95 Å². The molecule has 0 spiro atoms. The molecule has 0 fully saturated rings. The molecule has 8 heteroatoms. The van der Waals surface area contributed by atoms with Crippen molar-refractivity contribution in [2.24, 2.45) is 13.0 Å². The van der Waals surface area contributed by atoms with Gasteiger partial charge < -0.3 is 9.47 Å². The van der Waals surface area contributed by atoms with E-state index in [4.69, 9.17) is 0 Å². The average Bonchev–Trinajstić information content (AvgIpc) is 2.73. The summed E-state index contributed by atoms with van der Waals surface area (Å²) < 4.78 is 4.37. The number of rotatable bonds is 0. The number of aryl methyl sites for hydroxylation is 1. The highest BCUT2D eigenvalue weighted by atomic mass is 31.0. The van der Waals surface area contributed by atoms with Crippen LogP contribution in [0, 0.1) is 5.92 Å². The Hall–Kier alpha value is -1.62. The molecule has 0 amide bonds. The maximum absolute atomic E-state index is 12.3. The summed E-state index contributed by atoms with van der Waals surface area (Å²) in [6.07, 6.45) is 0. The molecule has 0 bridgehead atoms. The average molecular weight is 281 g/mol. The predicted octanol–water partition coefficient (Wildman–Crippen LogP) is -0.379. The molecule has 0 saturated heterocycles. The van der Waals surface area contributed by atoms with Gasteiger partial charge in [-0.1, -0.05) is 6.92 Å². The third-order valence-electron chi connectivity index (χ3n) is 3.58. The molecular weight excluding hydrogens is 265 g/mol. The third kappa shape index (κ3) is 1.57. The first-order valence-electron chi connectivity index (χ1n) is 6.10. The highest BCUT2D eigenvalue weighted by Crippen LogP contribution is 2.25. The van der Waals surface area contributed by atoms with E-state index in [1.807, 2.05) is 16.5 Å². The van der Waals surface area contributed by atoms with Crippen LogP contribution in [0.15, 0.2) is 9.59 Å². The van der Waals surface area contributed by atoms with Gasteiger partial charge in [-0.25, -0.2) is 9.13 Å². The molecule has 2 aromatic heterocycles. The highest BCUT2D eigenvalue weighted by Gasteiger charge is 2.26. The van der Waals surface area contributed by atoms with Crippen molar-refractivity contribution >= 4 is 26.5 Å². The fraction of sp³-hybridized carbons (Fsp3) is 0.545. The second-order valence-corrected chi connectivity index (χ2v) is 5.71. The molecule has 1 aliphatic rings. The molecule has 2 aromatic rings. The van der Waals surface area contributed by atoms with E-state index < -0.39 is 0 Å². The molecule has 2 atom stereocenters. The maximum Gasteiger partial charge on any atom is 0.335 e. The molecule has 2 unspecified atom stereocenters. The highest BCUT2D eigenvalue weighted by molar-refractivity contribution is 7.14. The molecule has 0 saturated carbocycles. The van der Waals surface area contributed by atoms with Crippen molar-refractivity contribution in [1.29, 1.82) is 0 Å². The minimum absolute atomic E-state index is 0.315. The Morgan fingerprint density at radius 3 is 2.63 bits per heavy atom. The third-order valence-corrected chi connectivity index (χ3v) is 4.04. The number of hydrogen-bond acceptors (Lipinski definition) is 4. The van der Waals surface area contributed by atoms with Crippen LogP contribution in [-0.2, 0) is 13.6 Å². The van der Waals surface area contributed by atoms with Gasteiger partial charge in [-0.3, -0.25) is 9.36 Å². The van der Waals surface area contributed by atoms with Crippen LogP contribution in [0.1, 0.15) is 6.92 Å². The summed E-state index contributed by atoms with van der Waals surface area (Å²) >= 11 is 0. The van der Waals surface area contributed by atoms with Gasteiger partial charge in [0.05, 0.1) is 0 Å². The van der Waals surface area contributed by atoms with Crippen LogP contribution in [0.4, 0.5) is 5.95 Å². The van der Waals surface area contributed by atoms with Crippen molar-refractivity contribution in [2.75, 3.05) is 18.5 Å². The molecule has 0 aliphatic carbocycles. The zero-order valence-corrected chi connectivity index (χ0v) is 12.3. The van der Waals surface area contributed by atoms with E-state index in [2.05, 4.69) is 21.3 Å². The number of fused-ring (bicyclic) bond motifs is 3. The number of nitrogens with zero attached hydrogens (tertiary/aromatic N) is 5. The molecule has 19 heavy (non-hydrogen) atoms. The van der Waals surface area contributed by atoms with Crippen molar-refractivity contribution in [1.82, 2.24) is 18.5 Å². The van der Waals surface area contributed by atoms with E-state index in [1.165, 1.54) is 4.57 Å². The quantitative estimate of drug-likeness (QED) is 0.618. The lowest BCUT2D eigenvalue weighted by molar-refractivity contribution is 0.450. The zero-order valence-electron chi connectivity index (χ0n) is 11.1. The number of aromatic nitrogens is 4. The summed E-state index contributed by atoms with van der Waals surface area (Å²) in [4.78, 5) is 30.7. The molecule has 7 nitrogen and oxygen atoms in total. The summed E-state index contributed by atoms with van der Waals surface area (Å²) in [5.74, 6) is 1.18. The Labute approximate surface area is 111 Å². The fourth-order valence-corrected chi connectivity index (χ4v) is 3.01. The van der Waals surface area contributed by atoms with Crippen LogP contribution in [0.25, 0.3) is 11.2 Å². The van der Waals surface area contributed by atoms with E-state index >= 15 is 0 Å². The van der Waals surface area contributed by atoms with E-state index in [0.29, 0.717) is 17.1 Å². The zero-order chi connectivity index (χ0) is 13.9. The van der Waals surface area contributed by atoms with Gasteiger partial charge in [0.15, 0.2) is 11.2 Å². The topological polar surface area (TPSA) is 65.1 Å². The van der Waals surface area contributed by atoms with E-state index in [9.17, 15) is 9.59 Å². The lowest BCUT2D eigenvalue weighted by Gasteiger charge is -2.29. The van der Waals surface area contributed by atoms with Crippen LogP contribution in [0.5, 0.6) is 0 Å². The van der Waals surface area contributed by atoms with Crippen molar-refractivity contribution in [3.05, 3.63) is 20.8 Å². The van der Waals surface area contributed by atoms with Gasteiger partial charge in [-0.15, -0.1) is 0 Å². The summed E-state index contributed by atoms with van der Waals surface area (Å²) in [6.45, 7) is 3.77. The van der Waals surface area contributed by atoms with Gasteiger partial charge >= 0.3 is 5.69 Å². The van der Waals surface area contributed by atoms with Crippen molar-refractivity contribution in [3.63, 3.8) is 0 Å². The Bertz CT molecular complexity index is 787. The summed E-state index contributed by atoms with van der Waals surface area (Å²) in [6, 6.07) is 0. The molecule has 3 heterocycles. The smallest absolute Gasteiger partial charge is 0.335 e. The van der Waals surface area contributed by atoms with Crippen LogP contribution in [0.2, 0.25) is 0 Å². The van der Waals surface area contributed by atoms with E-state index in [0.717, 1.165) is 23.4 Å². The van der Waals surface area contributed by atoms with E-state index in [-0.39, 0.29) is 11.2 Å².